The van der Waals surface area contributed by atoms with E-state index in [0.29, 0.717) is 28.8 Å². The first kappa shape index (κ1) is 25.2. The number of rotatable bonds is 11. The van der Waals surface area contributed by atoms with E-state index in [1.807, 2.05) is 4.72 Å². The number of carbonyl (C=O) groups is 2. The highest BCUT2D eigenvalue weighted by atomic mass is 32.2. The maximum atomic E-state index is 13.1. The third-order valence-corrected chi connectivity index (χ3v) is 8.19. The number of carboxylic acid groups (broad SMARTS) is 1. The second-order valence-electron chi connectivity index (χ2n) is 9.56. The zero-order valence-electron chi connectivity index (χ0n) is 19.9. The predicted molar refractivity (Wildman–Crippen MR) is 131 cm³/mol. The molecule has 1 heterocycles. The lowest BCUT2D eigenvalue weighted by Gasteiger charge is -2.35. The molecule has 4 rings (SSSR count). The van der Waals surface area contributed by atoms with Gasteiger partial charge in [0.2, 0.25) is 10.0 Å². The zero-order chi connectivity index (χ0) is 25.0. The lowest BCUT2D eigenvalue weighted by atomic mass is 9.94. The van der Waals surface area contributed by atoms with E-state index in [-0.39, 0.29) is 17.1 Å². The molecule has 2 fully saturated rings. The molecule has 2 aliphatic carbocycles. The molecule has 0 aliphatic heterocycles. The van der Waals surface area contributed by atoms with Gasteiger partial charge in [0.1, 0.15) is 24.4 Å². The van der Waals surface area contributed by atoms with Crippen molar-refractivity contribution in [3.63, 3.8) is 0 Å². The molecule has 0 spiro atoms. The van der Waals surface area contributed by atoms with Gasteiger partial charge in [0.15, 0.2) is 5.78 Å². The fraction of sp³-hybridized carbons (Fsp3) is 0.520. The van der Waals surface area contributed by atoms with Crippen LogP contribution in [-0.2, 0) is 21.2 Å². The predicted octanol–water partition coefficient (Wildman–Crippen LogP) is 3.12. The standard InChI is InChI=1S/C25H32N4O5S/c1-17-11-21(35(33,34)28-14-25(31)32)10-9-19(17)12-23(30)22-13-24(27-16-26-22)29(15-18-7-8-18)20-5-3-2-4-6-20/h9-11,13,16,18,20,28H,2-8,12,14-15H2,1H3,(H,31,32). The van der Waals surface area contributed by atoms with Crippen molar-refractivity contribution >= 4 is 27.6 Å². The molecule has 2 N–H and O–H groups in total. The van der Waals surface area contributed by atoms with Gasteiger partial charge in [-0.3, -0.25) is 9.59 Å². The fourth-order valence-corrected chi connectivity index (χ4v) is 5.65. The summed E-state index contributed by atoms with van der Waals surface area (Å²) in [5.41, 5.74) is 1.67. The molecule has 0 saturated heterocycles. The molecule has 0 amide bonds. The number of nitrogens with one attached hydrogen (secondary N) is 1. The number of hydrogen-bond donors (Lipinski definition) is 2. The van der Waals surface area contributed by atoms with Crippen LogP contribution in [0.15, 0.2) is 35.5 Å². The van der Waals surface area contributed by atoms with Crippen LogP contribution in [0.2, 0.25) is 0 Å². The molecule has 0 bridgehead atoms. The number of aryl methyl sites for hydroxylation is 1. The van der Waals surface area contributed by atoms with E-state index in [1.54, 1.807) is 19.1 Å². The molecule has 35 heavy (non-hydrogen) atoms. The minimum atomic E-state index is -3.95. The number of aliphatic carboxylic acids is 1. The number of anilines is 1. The van der Waals surface area contributed by atoms with E-state index in [0.717, 1.165) is 25.2 Å². The third kappa shape index (κ3) is 6.64. The minimum Gasteiger partial charge on any atom is -0.480 e. The van der Waals surface area contributed by atoms with E-state index in [9.17, 15) is 18.0 Å². The first-order valence-electron chi connectivity index (χ1n) is 12.2. The number of Topliss-reactive ketones (excluding diaryl/α,β-unsaturated/α-hetero) is 1. The molecular formula is C25H32N4O5S. The molecule has 188 valence electrons. The first-order chi connectivity index (χ1) is 16.7. The zero-order valence-corrected chi connectivity index (χ0v) is 20.8. The molecule has 0 radical (unpaired) electrons. The summed E-state index contributed by atoms with van der Waals surface area (Å²) in [4.78, 5) is 34.9. The van der Waals surface area contributed by atoms with Crippen LogP contribution in [0.4, 0.5) is 5.82 Å². The number of aromatic nitrogens is 2. The van der Waals surface area contributed by atoms with Crippen LogP contribution < -0.4 is 9.62 Å². The van der Waals surface area contributed by atoms with Crippen LogP contribution in [0.3, 0.4) is 0 Å². The normalized spacial score (nSPS) is 16.7. The van der Waals surface area contributed by atoms with Gasteiger partial charge >= 0.3 is 5.97 Å². The Kier molecular flexibility index (Phi) is 7.81. The molecule has 2 aliphatic rings. The molecule has 1 aromatic carbocycles. The van der Waals surface area contributed by atoms with Crippen molar-refractivity contribution in [2.75, 3.05) is 18.0 Å². The third-order valence-electron chi connectivity index (χ3n) is 6.79. The van der Waals surface area contributed by atoms with Crippen molar-refractivity contribution in [2.24, 2.45) is 5.92 Å². The van der Waals surface area contributed by atoms with Crippen molar-refractivity contribution in [2.45, 2.75) is 69.2 Å². The number of carbonyl (C=O) groups excluding carboxylic acids is 1. The number of nitrogens with zero attached hydrogens (tertiary/aromatic N) is 3. The summed E-state index contributed by atoms with van der Waals surface area (Å²) in [6, 6.07) is 6.66. The van der Waals surface area contributed by atoms with Gasteiger partial charge in [-0.05, 0) is 61.8 Å². The molecular weight excluding hydrogens is 468 g/mol. The smallest absolute Gasteiger partial charge is 0.318 e. The second-order valence-corrected chi connectivity index (χ2v) is 11.3. The fourth-order valence-electron chi connectivity index (χ4n) is 4.60. The highest BCUT2D eigenvalue weighted by molar-refractivity contribution is 7.89. The quantitative estimate of drug-likeness (QED) is 0.450. The molecule has 0 unspecified atom stereocenters. The summed E-state index contributed by atoms with van der Waals surface area (Å²) < 4.78 is 26.6. The van der Waals surface area contributed by atoms with Crippen LogP contribution in [0.25, 0.3) is 0 Å². The minimum absolute atomic E-state index is 0.0417. The SMILES string of the molecule is Cc1cc(S(=O)(=O)NCC(=O)O)ccc1CC(=O)c1cc(N(CC2CC2)C2CCCCC2)ncn1. The molecule has 0 atom stereocenters. The van der Waals surface area contributed by atoms with E-state index < -0.39 is 22.5 Å². The molecule has 2 aromatic rings. The van der Waals surface area contributed by atoms with Crippen LogP contribution >= 0.6 is 0 Å². The summed E-state index contributed by atoms with van der Waals surface area (Å²) in [6.07, 6.45) is 10.0. The van der Waals surface area contributed by atoms with Gasteiger partial charge in [0, 0.05) is 25.1 Å². The lowest BCUT2D eigenvalue weighted by molar-refractivity contribution is -0.135. The van der Waals surface area contributed by atoms with E-state index >= 15 is 0 Å². The Hall–Kier alpha value is -2.85. The Labute approximate surface area is 206 Å². The van der Waals surface area contributed by atoms with E-state index in [2.05, 4.69) is 14.9 Å². The average Bonchev–Trinajstić information content (AvgIpc) is 3.67. The lowest BCUT2D eigenvalue weighted by Crippen LogP contribution is -2.39. The molecule has 10 heteroatoms. The molecule has 1 aromatic heterocycles. The molecule has 2 saturated carbocycles. The largest absolute Gasteiger partial charge is 0.480 e. The van der Waals surface area contributed by atoms with Gasteiger partial charge in [-0.25, -0.2) is 18.4 Å². The monoisotopic (exact) mass is 500 g/mol. The van der Waals surface area contributed by atoms with Gasteiger partial charge in [-0.1, -0.05) is 25.3 Å². The Bertz CT molecular complexity index is 1190. The summed E-state index contributed by atoms with van der Waals surface area (Å²) in [7, 11) is -3.95. The maximum Gasteiger partial charge on any atom is 0.318 e. The molecule has 9 nitrogen and oxygen atoms in total. The summed E-state index contributed by atoms with van der Waals surface area (Å²) in [5, 5.41) is 8.73. The number of carboxylic acids is 1. The van der Waals surface area contributed by atoms with Crippen LogP contribution in [-0.4, -0.2) is 54.4 Å². The number of sulfonamides is 1. The highest BCUT2D eigenvalue weighted by Crippen LogP contribution is 2.34. The number of hydrogen-bond acceptors (Lipinski definition) is 7. The van der Waals surface area contributed by atoms with Crippen LogP contribution in [0.1, 0.15) is 66.6 Å². The summed E-state index contributed by atoms with van der Waals surface area (Å²) >= 11 is 0. The van der Waals surface area contributed by atoms with Crippen molar-refractivity contribution in [1.82, 2.24) is 14.7 Å². The number of benzene rings is 1. The Balaban J connectivity index is 1.49. The Morgan fingerprint density at radius 3 is 2.49 bits per heavy atom. The Morgan fingerprint density at radius 2 is 1.83 bits per heavy atom. The summed E-state index contributed by atoms with van der Waals surface area (Å²) in [5.74, 6) is 0.0839. The highest BCUT2D eigenvalue weighted by Gasteiger charge is 2.30. The number of ketones is 1. The van der Waals surface area contributed by atoms with Gasteiger partial charge < -0.3 is 10.0 Å². The first-order valence-corrected chi connectivity index (χ1v) is 13.6. The topological polar surface area (TPSA) is 130 Å². The van der Waals surface area contributed by atoms with Gasteiger partial charge in [-0.2, -0.15) is 4.72 Å². The summed E-state index contributed by atoms with van der Waals surface area (Å²) in [6.45, 7) is 2.00. The van der Waals surface area contributed by atoms with Crippen molar-refractivity contribution < 1.29 is 23.1 Å². The van der Waals surface area contributed by atoms with Crippen molar-refractivity contribution in [1.29, 1.82) is 0 Å². The average molecular weight is 501 g/mol. The van der Waals surface area contributed by atoms with Crippen LogP contribution in [0, 0.1) is 12.8 Å². The maximum absolute atomic E-state index is 13.1. The van der Waals surface area contributed by atoms with Crippen LogP contribution in [0.5, 0.6) is 0 Å². The van der Waals surface area contributed by atoms with Gasteiger partial charge in [0.05, 0.1) is 4.90 Å². The second kappa shape index (κ2) is 10.8. The van der Waals surface area contributed by atoms with Crippen molar-refractivity contribution in [3.8, 4) is 0 Å². The van der Waals surface area contributed by atoms with Gasteiger partial charge in [-0.15, -0.1) is 0 Å². The van der Waals surface area contributed by atoms with E-state index in [1.165, 1.54) is 50.6 Å². The van der Waals surface area contributed by atoms with Crippen molar-refractivity contribution in [3.05, 3.63) is 47.4 Å². The van der Waals surface area contributed by atoms with E-state index in [4.69, 9.17) is 5.11 Å². The van der Waals surface area contributed by atoms with Gasteiger partial charge in [0.25, 0.3) is 0 Å². The Morgan fingerprint density at radius 1 is 1.09 bits per heavy atom.